The van der Waals surface area contributed by atoms with Crippen molar-refractivity contribution in [2.24, 2.45) is 0 Å². The van der Waals surface area contributed by atoms with E-state index in [0.717, 1.165) is 17.2 Å². The van der Waals surface area contributed by atoms with Crippen LogP contribution in [0.2, 0.25) is 0 Å². The molecule has 2 N–H and O–H groups in total. The van der Waals surface area contributed by atoms with Crippen molar-refractivity contribution in [3.05, 3.63) is 41.0 Å². The maximum Gasteiger partial charge on any atom is 0.328 e. The molecule has 1 aromatic carbocycles. The fourth-order valence-corrected chi connectivity index (χ4v) is 2.65. The van der Waals surface area contributed by atoms with Crippen LogP contribution in [-0.2, 0) is 15.6 Å². The molecule has 0 spiro atoms. The highest BCUT2D eigenvalue weighted by atomic mass is 32.2. The van der Waals surface area contributed by atoms with Gasteiger partial charge in [0.05, 0.1) is 0 Å². The summed E-state index contributed by atoms with van der Waals surface area (Å²) in [4.78, 5) is 22.5. The summed E-state index contributed by atoms with van der Waals surface area (Å²) in [6.45, 7) is 3.61. The first kappa shape index (κ1) is 17.1. The summed E-state index contributed by atoms with van der Waals surface area (Å²) in [6.07, 6.45) is 4.14. The van der Waals surface area contributed by atoms with E-state index in [1.54, 1.807) is 31.4 Å². The quantitative estimate of drug-likeness (QED) is 0.782. The van der Waals surface area contributed by atoms with Crippen LogP contribution in [0, 0.1) is 6.92 Å². The first-order valence-electron chi connectivity index (χ1n) is 6.42. The number of nitrogens with one attached hydrogen (secondary N) is 1. The van der Waals surface area contributed by atoms with Crippen molar-refractivity contribution in [1.29, 1.82) is 0 Å². The number of rotatable bonds is 6. The van der Waals surface area contributed by atoms with Crippen LogP contribution in [-0.4, -0.2) is 39.2 Å². The summed E-state index contributed by atoms with van der Waals surface area (Å²) >= 11 is 0. The molecule has 6 heteroatoms. The lowest BCUT2D eigenvalue weighted by Crippen LogP contribution is -2.36. The number of amides is 1. The second kappa shape index (κ2) is 7.73. The van der Waals surface area contributed by atoms with E-state index < -0.39 is 16.8 Å². The maximum absolute atomic E-state index is 12.0. The average molecular weight is 309 g/mol. The molecule has 0 aliphatic rings. The van der Waals surface area contributed by atoms with Crippen molar-refractivity contribution in [3.63, 3.8) is 0 Å². The molecule has 1 amide bonds. The molecular weight excluding hydrogens is 290 g/mol. The van der Waals surface area contributed by atoms with Crippen LogP contribution in [0.4, 0.5) is 0 Å². The third-order valence-corrected chi connectivity index (χ3v) is 3.77. The number of carboxylic acids is 1. The van der Waals surface area contributed by atoms with Crippen molar-refractivity contribution in [2.75, 3.05) is 12.0 Å². The van der Waals surface area contributed by atoms with E-state index in [1.807, 2.05) is 6.92 Å². The number of aliphatic carboxylic acids is 1. The number of benzene rings is 1. The standard InChI is InChI=1S/C15H19NO4S/c1-10-8-13(5-4-12(10)6-7-14(17)18)15(19)16-11(2)9-21(3)20/h4-8,11H,9H2,1-3H3,(H,16,19)(H,17,18)/b7-6+. The van der Waals surface area contributed by atoms with Gasteiger partial charge >= 0.3 is 5.97 Å². The van der Waals surface area contributed by atoms with Gasteiger partial charge in [-0.25, -0.2) is 4.79 Å². The Balaban J connectivity index is 2.81. The molecule has 0 heterocycles. The van der Waals surface area contributed by atoms with Crippen LogP contribution in [0.5, 0.6) is 0 Å². The van der Waals surface area contributed by atoms with Gasteiger partial charge in [0, 0.05) is 40.5 Å². The van der Waals surface area contributed by atoms with Gasteiger partial charge in [-0.3, -0.25) is 9.00 Å². The second-order valence-corrected chi connectivity index (χ2v) is 6.34. The van der Waals surface area contributed by atoms with Crippen LogP contribution in [0.3, 0.4) is 0 Å². The predicted molar refractivity (Wildman–Crippen MR) is 83.7 cm³/mol. The van der Waals surface area contributed by atoms with Crippen LogP contribution in [0.25, 0.3) is 6.08 Å². The average Bonchev–Trinajstić information content (AvgIpc) is 2.35. The number of aryl methyl sites for hydroxylation is 1. The van der Waals surface area contributed by atoms with Crippen molar-refractivity contribution in [3.8, 4) is 0 Å². The van der Waals surface area contributed by atoms with Crippen LogP contribution in [0.15, 0.2) is 24.3 Å². The molecule has 2 unspecified atom stereocenters. The fraction of sp³-hybridized carbons (Fsp3) is 0.333. The van der Waals surface area contributed by atoms with E-state index in [1.165, 1.54) is 6.08 Å². The summed E-state index contributed by atoms with van der Waals surface area (Å²) in [6, 6.07) is 4.87. The van der Waals surface area contributed by atoms with Crippen molar-refractivity contribution < 1.29 is 18.9 Å². The highest BCUT2D eigenvalue weighted by Crippen LogP contribution is 2.13. The number of hydrogen-bond acceptors (Lipinski definition) is 3. The molecule has 0 aromatic heterocycles. The zero-order valence-electron chi connectivity index (χ0n) is 12.3. The summed E-state index contributed by atoms with van der Waals surface area (Å²) in [5.41, 5.74) is 2.05. The van der Waals surface area contributed by atoms with Gasteiger partial charge in [0.1, 0.15) is 0 Å². The maximum atomic E-state index is 12.0. The summed E-state index contributed by atoms with van der Waals surface area (Å²) < 4.78 is 11.1. The van der Waals surface area contributed by atoms with Crippen molar-refractivity contribution in [2.45, 2.75) is 19.9 Å². The van der Waals surface area contributed by atoms with E-state index in [0.29, 0.717) is 11.3 Å². The molecule has 1 aromatic rings. The monoisotopic (exact) mass is 309 g/mol. The SMILES string of the molecule is Cc1cc(C(=O)NC(C)CS(C)=O)ccc1/C=C/C(=O)O. The van der Waals surface area contributed by atoms with Gasteiger partial charge in [-0.05, 0) is 43.2 Å². The molecule has 1 rings (SSSR count). The molecule has 0 saturated carbocycles. The first-order valence-corrected chi connectivity index (χ1v) is 8.15. The molecule has 5 nitrogen and oxygen atoms in total. The molecule has 21 heavy (non-hydrogen) atoms. The van der Waals surface area contributed by atoms with Gasteiger partial charge in [0.15, 0.2) is 0 Å². The van der Waals surface area contributed by atoms with E-state index in [4.69, 9.17) is 5.11 Å². The molecule has 2 atom stereocenters. The molecule has 0 fully saturated rings. The Morgan fingerprint density at radius 1 is 1.43 bits per heavy atom. The van der Waals surface area contributed by atoms with Gasteiger partial charge in [0.25, 0.3) is 5.91 Å². The third kappa shape index (κ3) is 5.91. The molecule has 114 valence electrons. The number of carbonyl (C=O) groups excluding carboxylic acids is 1. The third-order valence-electron chi connectivity index (χ3n) is 2.80. The Morgan fingerprint density at radius 2 is 2.10 bits per heavy atom. The Morgan fingerprint density at radius 3 is 2.62 bits per heavy atom. The van der Waals surface area contributed by atoms with Crippen LogP contribution in [0.1, 0.15) is 28.4 Å². The zero-order chi connectivity index (χ0) is 16.0. The highest BCUT2D eigenvalue weighted by Gasteiger charge is 2.11. The normalized spacial score (nSPS) is 13.9. The Labute approximate surface area is 126 Å². The van der Waals surface area contributed by atoms with Gasteiger partial charge < -0.3 is 10.4 Å². The van der Waals surface area contributed by atoms with Gasteiger partial charge in [-0.1, -0.05) is 6.07 Å². The highest BCUT2D eigenvalue weighted by molar-refractivity contribution is 7.84. The lowest BCUT2D eigenvalue weighted by Gasteiger charge is -2.13. The fourth-order valence-electron chi connectivity index (χ4n) is 1.87. The van der Waals surface area contributed by atoms with Crippen molar-refractivity contribution >= 4 is 28.8 Å². The molecule has 0 radical (unpaired) electrons. The lowest BCUT2D eigenvalue weighted by molar-refractivity contribution is -0.131. The first-order chi connectivity index (χ1) is 9.79. The minimum absolute atomic E-state index is 0.171. The molecule has 0 aliphatic carbocycles. The molecule has 0 saturated heterocycles. The van der Waals surface area contributed by atoms with Gasteiger partial charge in [0.2, 0.25) is 0 Å². The summed E-state index contributed by atoms with van der Waals surface area (Å²) in [7, 11) is -0.963. The largest absolute Gasteiger partial charge is 0.478 e. The number of hydrogen-bond donors (Lipinski definition) is 2. The van der Waals surface area contributed by atoms with E-state index >= 15 is 0 Å². The minimum atomic E-state index is -1.02. The minimum Gasteiger partial charge on any atom is -0.478 e. The van der Waals surface area contributed by atoms with Crippen LogP contribution < -0.4 is 5.32 Å². The Bertz CT molecular complexity index is 595. The Kier molecular flexibility index (Phi) is 6.30. The number of carboxylic acid groups (broad SMARTS) is 1. The zero-order valence-corrected chi connectivity index (χ0v) is 13.1. The number of carbonyl (C=O) groups is 2. The summed E-state index contributed by atoms with van der Waals surface area (Å²) in [5, 5.41) is 11.4. The smallest absolute Gasteiger partial charge is 0.328 e. The lowest BCUT2D eigenvalue weighted by atomic mass is 10.0. The van der Waals surface area contributed by atoms with E-state index in [2.05, 4.69) is 5.32 Å². The predicted octanol–water partition coefficient (Wildman–Crippen LogP) is 1.59. The topological polar surface area (TPSA) is 83.5 Å². The van der Waals surface area contributed by atoms with Gasteiger partial charge in [-0.2, -0.15) is 0 Å². The van der Waals surface area contributed by atoms with Crippen LogP contribution >= 0.6 is 0 Å². The Hall–Kier alpha value is -1.95. The van der Waals surface area contributed by atoms with Crippen molar-refractivity contribution in [1.82, 2.24) is 5.32 Å². The molecule has 0 aliphatic heterocycles. The molecule has 0 bridgehead atoms. The van der Waals surface area contributed by atoms with E-state index in [-0.39, 0.29) is 11.9 Å². The summed E-state index contributed by atoms with van der Waals surface area (Å²) in [5.74, 6) is -0.841. The molecular formula is C15H19NO4S. The second-order valence-electron chi connectivity index (χ2n) is 4.86. The van der Waals surface area contributed by atoms with E-state index in [9.17, 15) is 13.8 Å². The van der Waals surface area contributed by atoms with Gasteiger partial charge in [-0.15, -0.1) is 0 Å².